The van der Waals surface area contributed by atoms with Gasteiger partial charge >= 0.3 is 11.9 Å². The fourth-order valence-corrected chi connectivity index (χ4v) is 7.26. The number of ether oxygens (including phenoxy) is 2. The molecule has 0 saturated heterocycles. The van der Waals surface area contributed by atoms with E-state index in [0.717, 1.165) is 22.7 Å². The third-order valence-corrected chi connectivity index (χ3v) is 10.00. The summed E-state index contributed by atoms with van der Waals surface area (Å²) >= 11 is 2.01. The topological polar surface area (TPSA) is 151 Å². The quantitative estimate of drug-likeness (QED) is 0.188. The summed E-state index contributed by atoms with van der Waals surface area (Å²) in [5.74, 6) is -2.93. The number of benzene rings is 1. The first-order valence-corrected chi connectivity index (χ1v) is 17.4. The first-order chi connectivity index (χ1) is 22.9. The summed E-state index contributed by atoms with van der Waals surface area (Å²) in [5.41, 5.74) is 1.45. The molecule has 0 fully saturated rings. The molecule has 0 unspecified atom stereocenters. The first kappa shape index (κ1) is 37.9. The van der Waals surface area contributed by atoms with Gasteiger partial charge in [-0.2, -0.15) is 0 Å². The molecule has 2 aromatic heterocycles. The molecule has 1 aromatic carbocycles. The largest absolute Gasteiger partial charge is 0.462 e. The van der Waals surface area contributed by atoms with Gasteiger partial charge in [0.25, 0.3) is 23.6 Å². The van der Waals surface area contributed by atoms with E-state index in [1.165, 1.54) is 24.3 Å². The molecule has 0 aliphatic carbocycles. The Labute approximate surface area is 288 Å². The highest BCUT2D eigenvalue weighted by Gasteiger charge is 2.30. The zero-order valence-corrected chi connectivity index (χ0v) is 30.2. The zero-order chi connectivity index (χ0) is 35.7. The van der Waals surface area contributed by atoms with E-state index in [0.29, 0.717) is 47.1 Å². The van der Waals surface area contributed by atoms with Crippen molar-refractivity contribution in [2.45, 2.75) is 55.4 Å². The van der Waals surface area contributed by atoms with Crippen molar-refractivity contribution in [2.24, 2.45) is 0 Å². The number of nitrogens with one attached hydrogen (secondary N) is 2. The summed E-state index contributed by atoms with van der Waals surface area (Å²) in [5, 5.41) is 5.84. The standard InChI is InChI=1S/C34H42N4O8S2/c1-9-37(10-2)31(41)25-19(7)23(33(43)45-13-5)29(47-25)35-27(39)21-15-17-22(18-16-21)28(40)36-30-24(34(44)46-14-6)20(8)26(48-30)32(42)38(11-3)12-4/h15-18H,9-14H2,1-8H3,(H,35,39)(H,36,40). The van der Waals surface area contributed by atoms with Crippen LogP contribution in [0.2, 0.25) is 0 Å². The molecule has 0 aliphatic heterocycles. The number of amides is 4. The highest BCUT2D eigenvalue weighted by molar-refractivity contribution is 7.19. The van der Waals surface area contributed by atoms with Crippen molar-refractivity contribution in [2.75, 3.05) is 50.0 Å². The second-order valence-electron chi connectivity index (χ2n) is 10.4. The minimum Gasteiger partial charge on any atom is -0.462 e. The van der Waals surface area contributed by atoms with Gasteiger partial charge in [0.2, 0.25) is 0 Å². The molecular formula is C34H42N4O8S2. The molecule has 12 nitrogen and oxygen atoms in total. The van der Waals surface area contributed by atoms with E-state index in [2.05, 4.69) is 10.6 Å². The van der Waals surface area contributed by atoms with Gasteiger partial charge in [-0.25, -0.2) is 9.59 Å². The van der Waals surface area contributed by atoms with Crippen LogP contribution in [0.1, 0.15) is 113 Å². The number of hydrogen-bond donors (Lipinski definition) is 2. The van der Waals surface area contributed by atoms with Crippen molar-refractivity contribution >= 4 is 68.2 Å². The lowest BCUT2D eigenvalue weighted by Crippen LogP contribution is -2.30. The van der Waals surface area contributed by atoms with E-state index in [1.807, 2.05) is 27.7 Å². The van der Waals surface area contributed by atoms with Crippen LogP contribution < -0.4 is 10.6 Å². The number of esters is 2. The van der Waals surface area contributed by atoms with E-state index >= 15 is 0 Å². The van der Waals surface area contributed by atoms with Crippen LogP contribution in [0.3, 0.4) is 0 Å². The lowest BCUT2D eigenvalue weighted by Gasteiger charge is -2.18. The fraction of sp³-hybridized carbons (Fsp3) is 0.412. The van der Waals surface area contributed by atoms with Crippen LogP contribution in [0.4, 0.5) is 10.0 Å². The van der Waals surface area contributed by atoms with Crippen LogP contribution in [-0.2, 0) is 9.47 Å². The van der Waals surface area contributed by atoms with Crippen LogP contribution in [0.5, 0.6) is 0 Å². The van der Waals surface area contributed by atoms with Crippen molar-refractivity contribution in [1.29, 1.82) is 0 Å². The van der Waals surface area contributed by atoms with Gasteiger partial charge in [0.05, 0.1) is 34.1 Å². The third-order valence-electron chi connectivity index (χ3n) is 7.61. The molecule has 0 bridgehead atoms. The predicted octanol–water partition coefficient (Wildman–Crippen LogP) is 6.25. The molecule has 3 rings (SSSR count). The lowest BCUT2D eigenvalue weighted by atomic mass is 10.1. The van der Waals surface area contributed by atoms with E-state index in [9.17, 15) is 28.8 Å². The molecule has 4 amide bonds. The maximum absolute atomic E-state index is 13.3. The second kappa shape index (κ2) is 17.0. The Bertz CT molecular complexity index is 1560. The number of anilines is 2. The van der Waals surface area contributed by atoms with Gasteiger partial charge in [-0.3, -0.25) is 19.2 Å². The SMILES string of the molecule is CCOC(=O)c1c(NC(=O)c2ccc(C(=O)Nc3sc(C(=O)N(CC)CC)c(C)c3C(=O)OCC)cc2)sc(C(=O)N(CC)CC)c1C. The molecule has 0 saturated carbocycles. The van der Waals surface area contributed by atoms with Crippen molar-refractivity contribution in [3.8, 4) is 0 Å². The Kier molecular flexibility index (Phi) is 13.4. The molecule has 2 N–H and O–H groups in total. The average molecular weight is 699 g/mol. The molecule has 2 heterocycles. The molecule has 258 valence electrons. The van der Waals surface area contributed by atoms with Crippen LogP contribution in [-0.4, -0.2) is 84.8 Å². The Morgan fingerprint density at radius 1 is 0.583 bits per heavy atom. The lowest BCUT2D eigenvalue weighted by molar-refractivity contribution is 0.0517. The highest BCUT2D eigenvalue weighted by atomic mass is 32.1. The third kappa shape index (κ3) is 8.11. The van der Waals surface area contributed by atoms with Crippen molar-refractivity contribution in [3.05, 3.63) is 67.4 Å². The highest BCUT2D eigenvalue weighted by Crippen LogP contribution is 2.36. The first-order valence-electron chi connectivity index (χ1n) is 15.8. The Balaban J connectivity index is 1.89. The van der Waals surface area contributed by atoms with Crippen LogP contribution in [0.25, 0.3) is 0 Å². The number of nitrogens with zero attached hydrogens (tertiary/aromatic N) is 2. The predicted molar refractivity (Wildman–Crippen MR) is 187 cm³/mol. The molecule has 14 heteroatoms. The molecule has 0 spiro atoms. The number of carbonyl (C=O) groups excluding carboxylic acids is 6. The number of rotatable bonds is 14. The molecule has 48 heavy (non-hydrogen) atoms. The van der Waals surface area contributed by atoms with Crippen LogP contribution in [0.15, 0.2) is 24.3 Å². The van der Waals surface area contributed by atoms with Gasteiger partial charge in [0.1, 0.15) is 10.0 Å². The fourth-order valence-electron chi connectivity index (χ4n) is 4.94. The monoisotopic (exact) mass is 698 g/mol. The average Bonchev–Trinajstić information content (AvgIpc) is 3.57. The van der Waals surface area contributed by atoms with Gasteiger partial charge in [0.15, 0.2) is 0 Å². The Hall–Kier alpha value is -4.56. The summed E-state index contributed by atoms with van der Waals surface area (Å²) in [6.07, 6.45) is 0. The maximum atomic E-state index is 13.3. The van der Waals surface area contributed by atoms with E-state index in [1.54, 1.807) is 37.5 Å². The van der Waals surface area contributed by atoms with Gasteiger partial charge in [-0.15, -0.1) is 22.7 Å². The molecular weight excluding hydrogens is 657 g/mol. The van der Waals surface area contributed by atoms with E-state index < -0.39 is 23.8 Å². The summed E-state index contributed by atoms with van der Waals surface area (Å²) in [7, 11) is 0. The summed E-state index contributed by atoms with van der Waals surface area (Å²) in [6, 6.07) is 5.77. The zero-order valence-electron chi connectivity index (χ0n) is 28.5. The van der Waals surface area contributed by atoms with Gasteiger partial charge in [-0.1, -0.05) is 0 Å². The van der Waals surface area contributed by atoms with Crippen molar-refractivity contribution < 1.29 is 38.2 Å². The number of hydrogen-bond acceptors (Lipinski definition) is 10. The minimum atomic E-state index is -0.653. The summed E-state index contributed by atoms with van der Waals surface area (Å²) < 4.78 is 10.4. The van der Waals surface area contributed by atoms with Crippen LogP contribution >= 0.6 is 22.7 Å². The molecule has 3 aromatic rings. The van der Waals surface area contributed by atoms with E-state index in [4.69, 9.17) is 9.47 Å². The van der Waals surface area contributed by atoms with Gasteiger partial charge < -0.3 is 29.9 Å². The number of carbonyl (C=O) groups is 6. The molecule has 0 radical (unpaired) electrons. The minimum absolute atomic E-state index is 0.115. The molecule has 0 aliphatic rings. The van der Waals surface area contributed by atoms with Crippen molar-refractivity contribution in [3.63, 3.8) is 0 Å². The summed E-state index contributed by atoms with van der Waals surface area (Å²) in [4.78, 5) is 82.6. The maximum Gasteiger partial charge on any atom is 0.341 e. The number of thiophene rings is 2. The summed E-state index contributed by atoms with van der Waals surface area (Å²) in [6.45, 7) is 16.2. The van der Waals surface area contributed by atoms with Crippen molar-refractivity contribution in [1.82, 2.24) is 9.80 Å². The van der Waals surface area contributed by atoms with Crippen LogP contribution in [0, 0.1) is 13.8 Å². The Morgan fingerprint density at radius 3 is 1.17 bits per heavy atom. The Morgan fingerprint density at radius 2 is 0.896 bits per heavy atom. The van der Waals surface area contributed by atoms with E-state index in [-0.39, 0.29) is 57.3 Å². The smallest absolute Gasteiger partial charge is 0.341 e. The van der Waals surface area contributed by atoms with Gasteiger partial charge in [0, 0.05) is 37.3 Å². The molecule has 0 atom stereocenters. The normalized spacial score (nSPS) is 10.7. The second-order valence-corrected chi connectivity index (χ2v) is 12.4. The van der Waals surface area contributed by atoms with Gasteiger partial charge in [-0.05, 0) is 90.8 Å².